The van der Waals surface area contributed by atoms with Gasteiger partial charge in [0.2, 0.25) is 5.91 Å². The molecule has 0 saturated carbocycles. The molecule has 4 rings (SSSR count). The number of benzene rings is 3. The molecule has 0 spiro atoms. The second kappa shape index (κ2) is 10.3. The molecule has 0 radical (unpaired) electrons. The van der Waals surface area contributed by atoms with Gasteiger partial charge in [-0.15, -0.1) is 0 Å². The number of hydrogen-bond donors (Lipinski definition) is 0. The minimum Gasteiger partial charge on any atom is -0.457 e. The summed E-state index contributed by atoms with van der Waals surface area (Å²) in [6, 6.07) is 18.3. The maximum Gasteiger partial charge on any atom is 0.417 e. The Morgan fingerprint density at radius 2 is 1.69 bits per heavy atom. The SMILES string of the molecule is [2H]C([2H])(OC(=O)c1ccc(C)cc1C)c1ccc(CC(=O)N2C(=O)OC[C@@H]2C(=O)c2ccccc2)cc1. The Morgan fingerprint density at radius 3 is 2.37 bits per heavy atom. The number of imide groups is 1. The summed E-state index contributed by atoms with van der Waals surface area (Å²) < 4.78 is 26.6. The first-order valence-electron chi connectivity index (χ1n) is 12.0. The molecule has 0 unspecified atom stereocenters. The van der Waals surface area contributed by atoms with Crippen LogP contribution in [0.25, 0.3) is 0 Å². The van der Waals surface area contributed by atoms with E-state index in [0.717, 1.165) is 10.5 Å². The number of aryl methyl sites for hydroxylation is 2. The van der Waals surface area contributed by atoms with Gasteiger partial charge in [-0.25, -0.2) is 14.5 Å². The molecule has 1 aliphatic rings. The topological polar surface area (TPSA) is 90.0 Å². The van der Waals surface area contributed by atoms with Crippen LogP contribution in [0.5, 0.6) is 0 Å². The van der Waals surface area contributed by atoms with Gasteiger partial charge in [0.05, 0.1) is 14.7 Å². The van der Waals surface area contributed by atoms with Crippen molar-refractivity contribution in [3.63, 3.8) is 0 Å². The molecule has 1 atom stereocenters. The molecular formula is C28H25NO6. The number of carbonyl (C=O) groups is 4. The largest absolute Gasteiger partial charge is 0.457 e. The minimum atomic E-state index is -2.41. The van der Waals surface area contributed by atoms with E-state index >= 15 is 0 Å². The Balaban J connectivity index is 1.44. The average Bonchev–Trinajstić information content (AvgIpc) is 3.25. The lowest BCUT2D eigenvalue weighted by molar-refractivity contribution is -0.128. The fourth-order valence-corrected chi connectivity index (χ4v) is 3.84. The van der Waals surface area contributed by atoms with Crippen molar-refractivity contribution in [1.29, 1.82) is 0 Å². The van der Waals surface area contributed by atoms with Gasteiger partial charge in [0.25, 0.3) is 0 Å². The number of Topliss-reactive ketones (excluding diaryl/α,β-unsaturated/α-hetero) is 1. The van der Waals surface area contributed by atoms with Crippen LogP contribution >= 0.6 is 0 Å². The van der Waals surface area contributed by atoms with E-state index < -0.39 is 36.4 Å². The standard InChI is InChI=1S/C28H25NO6/c1-18-8-13-23(19(2)14-18)27(32)34-16-21-11-9-20(10-12-21)15-25(30)29-24(17-35-28(29)33)26(31)22-6-4-3-5-7-22/h3-14,24H,15-17H2,1-2H3/t24-/m1/s1/i16D2. The van der Waals surface area contributed by atoms with E-state index in [9.17, 15) is 19.2 Å². The van der Waals surface area contributed by atoms with Gasteiger partial charge in [0.15, 0.2) is 5.78 Å². The molecule has 0 aliphatic carbocycles. The molecule has 3 aromatic carbocycles. The Kier molecular flexibility index (Phi) is 6.29. The van der Waals surface area contributed by atoms with Crippen LogP contribution in [0.1, 0.15) is 45.7 Å². The van der Waals surface area contributed by atoms with Gasteiger partial charge in [0, 0.05) is 5.56 Å². The van der Waals surface area contributed by atoms with E-state index in [4.69, 9.17) is 12.2 Å². The molecule has 178 valence electrons. The summed E-state index contributed by atoms with van der Waals surface area (Å²) in [5, 5.41) is 0. The molecule has 1 aliphatic heterocycles. The molecule has 0 bridgehead atoms. The number of nitrogens with zero attached hydrogens (tertiary/aromatic N) is 1. The third kappa shape index (κ3) is 5.46. The molecule has 35 heavy (non-hydrogen) atoms. The van der Waals surface area contributed by atoms with E-state index in [1.807, 2.05) is 13.0 Å². The van der Waals surface area contributed by atoms with Crippen LogP contribution in [0.2, 0.25) is 0 Å². The van der Waals surface area contributed by atoms with Crippen LogP contribution in [0.3, 0.4) is 0 Å². The van der Waals surface area contributed by atoms with E-state index in [0.29, 0.717) is 16.7 Å². The summed E-state index contributed by atoms with van der Waals surface area (Å²) in [5.74, 6) is -1.80. The summed E-state index contributed by atoms with van der Waals surface area (Å²) in [6.45, 7) is 1.01. The number of rotatable bonds is 7. The number of hydrogen-bond acceptors (Lipinski definition) is 6. The normalized spacial score (nSPS) is 16.2. The van der Waals surface area contributed by atoms with Crippen molar-refractivity contribution in [2.45, 2.75) is 32.9 Å². The summed E-state index contributed by atoms with van der Waals surface area (Å²) in [5.41, 5.74) is 2.86. The average molecular weight is 474 g/mol. The Morgan fingerprint density at radius 1 is 1.00 bits per heavy atom. The van der Waals surface area contributed by atoms with Gasteiger partial charge in [-0.1, -0.05) is 72.3 Å². The van der Waals surface area contributed by atoms with Crippen LogP contribution in [0.4, 0.5) is 4.79 Å². The number of amides is 2. The van der Waals surface area contributed by atoms with Gasteiger partial charge < -0.3 is 9.47 Å². The van der Waals surface area contributed by atoms with E-state index in [2.05, 4.69) is 0 Å². The van der Waals surface area contributed by atoms with Crippen LogP contribution in [0.15, 0.2) is 72.8 Å². The zero-order valence-electron chi connectivity index (χ0n) is 21.3. The second-order valence-corrected chi connectivity index (χ2v) is 8.27. The van der Waals surface area contributed by atoms with Crippen molar-refractivity contribution in [3.05, 3.63) is 106 Å². The molecule has 1 fully saturated rings. The summed E-state index contributed by atoms with van der Waals surface area (Å²) in [6.07, 6.45) is -1.09. The maximum atomic E-state index is 12.9. The number of cyclic esters (lactones) is 1. The van der Waals surface area contributed by atoms with Gasteiger partial charge in [-0.3, -0.25) is 9.59 Å². The predicted molar refractivity (Wildman–Crippen MR) is 128 cm³/mol. The van der Waals surface area contributed by atoms with Crippen molar-refractivity contribution in [2.24, 2.45) is 0 Å². The Hall–Kier alpha value is -4.26. The number of ketones is 1. The first-order chi connectivity index (χ1) is 17.6. The Bertz CT molecular complexity index is 1350. The van der Waals surface area contributed by atoms with Crippen LogP contribution in [-0.4, -0.2) is 41.3 Å². The zero-order valence-corrected chi connectivity index (χ0v) is 19.3. The summed E-state index contributed by atoms with van der Waals surface area (Å²) >= 11 is 0. The first kappa shape index (κ1) is 21.3. The van der Waals surface area contributed by atoms with Crippen LogP contribution in [0, 0.1) is 13.8 Å². The smallest absolute Gasteiger partial charge is 0.417 e. The minimum absolute atomic E-state index is 0.0829. The highest BCUT2D eigenvalue weighted by molar-refractivity contribution is 6.07. The van der Waals surface area contributed by atoms with E-state index in [1.54, 1.807) is 49.4 Å². The maximum absolute atomic E-state index is 12.9. The molecular weight excluding hydrogens is 446 g/mol. The lowest BCUT2D eigenvalue weighted by atomic mass is 10.0. The quantitative estimate of drug-likeness (QED) is 0.372. The molecule has 0 N–H and O–H groups in total. The summed E-state index contributed by atoms with van der Waals surface area (Å²) in [7, 11) is 0. The van der Waals surface area contributed by atoms with Crippen molar-refractivity contribution in [3.8, 4) is 0 Å². The highest BCUT2D eigenvalue weighted by Gasteiger charge is 2.42. The molecule has 7 nitrogen and oxygen atoms in total. The first-order valence-corrected chi connectivity index (χ1v) is 11.0. The molecule has 1 saturated heterocycles. The third-order valence-corrected chi connectivity index (χ3v) is 5.68. The second-order valence-electron chi connectivity index (χ2n) is 8.27. The molecule has 1 heterocycles. The van der Waals surface area contributed by atoms with E-state index in [1.165, 1.54) is 24.3 Å². The Labute approximate surface area is 206 Å². The van der Waals surface area contributed by atoms with Crippen molar-refractivity contribution in [2.75, 3.05) is 6.61 Å². The lowest BCUT2D eigenvalue weighted by Crippen LogP contribution is -2.44. The fourth-order valence-electron chi connectivity index (χ4n) is 3.84. The summed E-state index contributed by atoms with van der Waals surface area (Å²) in [4.78, 5) is 51.4. The lowest BCUT2D eigenvalue weighted by Gasteiger charge is -2.18. The van der Waals surface area contributed by atoms with Crippen LogP contribution < -0.4 is 0 Å². The van der Waals surface area contributed by atoms with Gasteiger partial charge >= 0.3 is 12.1 Å². The van der Waals surface area contributed by atoms with Crippen molar-refractivity contribution >= 4 is 23.8 Å². The molecule has 2 amide bonds. The number of esters is 1. The number of carbonyl (C=O) groups excluding carboxylic acids is 4. The van der Waals surface area contributed by atoms with Crippen molar-refractivity contribution in [1.82, 2.24) is 4.90 Å². The van der Waals surface area contributed by atoms with E-state index in [-0.39, 0.29) is 24.2 Å². The molecule has 7 heteroatoms. The molecule has 0 aromatic heterocycles. The highest BCUT2D eigenvalue weighted by atomic mass is 16.6. The van der Waals surface area contributed by atoms with Gasteiger partial charge in [-0.2, -0.15) is 0 Å². The van der Waals surface area contributed by atoms with Gasteiger partial charge in [0.1, 0.15) is 19.2 Å². The fraction of sp³-hybridized carbons (Fsp3) is 0.214. The van der Waals surface area contributed by atoms with Crippen LogP contribution in [-0.2, 0) is 27.2 Å². The molecule has 3 aromatic rings. The monoisotopic (exact) mass is 473 g/mol. The third-order valence-electron chi connectivity index (χ3n) is 5.68. The van der Waals surface area contributed by atoms with Gasteiger partial charge in [-0.05, 0) is 36.6 Å². The number of ether oxygens (including phenoxy) is 2. The predicted octanol–water partition coefficient (Wildman–Crippen LogP) is 4.43. The van der Waals surface area contributed by atoms with Crippen molar-refractivity contribution < 1.29 is 31.4 Å². The zero-order chi connectivity index (χ0) is 26.7. The highest BCUT2D eigenvalue weighted by Crippen LogP contribution is 2.20.